The molecule has 0 amide bonds. The molecule has 0 saturated carbocycles. The topological polar surface area (TPSA) is 29.9 Å². The van der Waals surface area contributed by atoms with Gasteiger partial charge in [-0.1, -0.05) is 12.1 Å². The summed E-state index contributed by atoms with van der Waals surface area (Å²) < 4.78 is 2.22. The van der Waals surface area contributed by atoms with Gasteiger partial charge in [-0.15, -0.1) is 0 Å². The molecule has 0 spiro atoms. The van der Waals surface area contributed by atoms with Gasteiger partial charge in [-0.05, 0) is 37.0 Å². The van der Waals surface area contributed by atoms with Gasteiger partial charge in [0.25, 0.3) is 0 Å². The smallest absolute Gasteiger partial charge is 0.113 e. The van der Waals surface area contributed by atoms with Gasteiger partial charge >= 0.3 is 0 Å². The zero-order valence-electron chi connectivity index (χ0n) is 10.8. The molecule has 3 nitrogen and oxygen atoms in total. The standard InChI is InChI=1S/C15H19N3/c1-2-18-10-9-17-15(18)11-12-5-3-7-14-13(12)6-4-8-16-14/h3,5,7,9-10,16H,2,4,6,8,11H2,1H3. The molecule has 1 aromatic carbocycles. The van der Waals surface area contributed by atoms with E-state index in [4.69, 9.17) is 0 Å². The van der Waals surface area contributed by atoms with Gasteiger partial charge in [0.15, 0.2) is 0 Å². The average Bonchev–Trinajstić information content (AvgIpc) is 2.86. The van der Waals surface area contributed by atoms with E-state index in [2.05, 4.69) is 46.2 Å². The van der Waals surface area contributed by atoms with Crippen molar-refractivity contribution in [1.29, 1.82) is 0 Å². The van der Waals surface area contributed by atoms with Crippen LogP contribution in [0.1, 0.15) is 30.3 Å². The number of imidazole rings is 1. The van der Waals surface area contributed by atoms with Crippen LogP contribution >= 0.6 is 0 Å². The maximum atomic E-state index is 4.47. The van der Waals surface area contributed by atoms with E-state index in [1.807, 2.05) is 6.20 Å². The molecule has 0 aliphatic carbocycles. The third kappa shape index (κ3) is 2.01. The van der Waals surface area contributed by atoms with Crippen LogP contribution in [0.5, 0.6) is 0 Å². The Hall–Kier alpha value is -1.77. The van der Waals surface area contributed by atoms with E-state index in [9.17, 15) is 0 Å². The van der Waals surface area contributed by atoms with Gasteiger partial charge in [0.05, 0.1) is 0 Å². The molecule has 94 valence electrons. The van der Waals surface area contributed by atoms with Crippen LogP contribution < -0.4 is 5.32 Å². The summed E-state index contributed by atoms with van der Waals surface area (Å²) in [5.74, 6) is 1.16. The molecule has 1 aliphatic heterocycles. The van der Waals surface area contributed by atoms with E-state index in [-0.39, 0.29) is 0 Å². The predicted molar refractivity (Wildman–Crippen MR) is 74.0 cm³/mol. The lowest BCUT2D eigenvalue weighted by Gasteiger charge is -2.21. The third-order valence-corrected chi connectivity index (χ3v) is 3.68. The number of nitrogens with zero attached hydrogens (tertiary/aromatic N) is 2. The summed E-state index contributed by atoms with van der Waals surface area (Å²) >= 11 is 0. The molecular formula is C15H19N3. The van der Waals surface area contributed by atoms with Gasteiger partial charge in [-0.25, -0.2) is 4.98 Å². The highest BCUT2D eigenvalue weighted by Crippen LogP contribution is 2.26. The second-order valence-electron chi connectivity index (χ2n) is 4.78. The van der Waals surface area contributed by atoms with Crippen molar-refractivity contribution in [3.63, 3.8) is 0 Å². The molecule has 0 atom stereocenters. The molecule has 0 radical (unpaired) electrons. The SMILES string of the molecule is CCn1ccnc1Cc1cccc2c1CCCN2. The van der Waals surface area contributed by atoms with Crippen molar-refractivity contribution in [2.75, 3.05) is 11.9 Å². The Morgan fingerprint density at radius 3 is 3.22 bits per heavy atom. The summed E-state index contributed by atoms with van der Waals surface area (Å²) in [4.78, 5) is 4.47. The normalized spacial score (nSPS) is 14.1. The molecular weight excluding hydrogens is 222 g/mol. The van der Waals surface area contributed by atoms with Gasteiger partial charge in [-0.2, -0.15) is 0 Å². The maximum absolute atomic E-state index is 4.47. The number of nitrogens with one attached hydrogen (secondary N) is 1. The first-order valence-corrected chi connectivity index (χ1v) is 6.73. The Morgan fingerprint density at radius 1 is 1.39 bits per heavy atom. The van der Waals surface area contributed by atoms with Crippen molar-refractivity contribution in [2.24, 2.45) is 0 Å². The van der Waals surface area contributed by atoms with E-state index in [1.54, 1.807) is 0 Å². The van der Waals surface area contributed by atoms with Gasteiger partial charge in [0.2, 0.25) is 0 Å². The molecule has 0 saturated heterocycles. The van der Waals surface area contributed by atoms with E-state index in [0.717, 1.165) is 25.3 Å². The van der Waals surface area contributed by atoms with Crippen LogP contribution in [0.15, 0.2) is 30.6 Å². The van der Waals surface area contributed by atoms with Crippen molar-refractivity contribution in [2.45, 2.75) is 32.7 Å². The fraction of sp³-hybridized carbons (Fsp3) is 0.400. The summed E-state index contributed by atoms with van der Waals surface area (Å²) in [6.07, 6.45) is 7.30. The molecule has 3 heteroatoms. The largest absolute Gasteiger partial charge is 0.385 e. The minimum Gasteiger partial charge on any atom is -0.385 e. The zero-order valence-corrected chi connectivity index (χ0v) is 10.8. The highest BCUT2D eigenvalue weighted by atomic mass is 15.0. The lowest BCUT2D eigenvalue weighted by molar-refractivity contribution is 0.709. The first kappa shape index (κ1) is 11.3. The molecule has 1 N–H and O–H groups in total. The zero-order chi connectivity index (χ0) is 12.4. The Bertz CT molecular complexity index is 542. The number of aryl methyl sites for hydroxylation is 1. The Morgan fingerprint density at radius 2 is 2.33 bits per heavy atom. The van der Waals surface area contributed by atoms with Gasteiger partial charge in [0, 0.05) is 37.6 Å². The van der Waals surface area contributed by atoms with Crippen molar-refractivity contribution in [3.8, 4) is 0 Å². The fourth-order valence-corrected chi connectivity index (χ4v) is 2.71. The molecule has 18 heavy (non-hydrogen) atoms. The number of fused-ring (bicyclic) bond motifs is 1. The van der Waals surface area contributed by atoms with Crippen molar-refractivity contribution >= 4 is 5.69 Å². The number of rotatable bonds is 3. The summed E-state index contributed by atoms with van der Waals surface area (Å²) in [7, 11) is 0. The number of hydrogen-bond acceptors (Lipinski definition) is 2. The summed E-state index contributed by atoms with van der Waals surface area (Å²) in [5.41, 5.74) is 4.21. The predicted octanol–water partition coefficient (Wildman–Crippen LogP) is 2.85. The highest BCUT2D eigenvalue weighted by Gasteiger charge is 2.13. The van der Waals surface area contributed by atoms with Crippen LogP contribution in [-0.2, 0) is 19.4 Å². The van der Waals surface area contributed by atoms with Crippen LogP contribution in [-0.4, -0.2) is 16.1 Å². The van der Waals surface area contributed by atoms with E-state index >= 15 is 0 Å². The van der Waals surface area contributed by atoms with Crippen LogP contribution in [0.4, 0.5) is 5.69 Å². The number of anilines is 1. The van der Waals surface area contributed by atoms with Gasteiger partial charge in [-0.3, -0.25) is 0 Å². The molecule has 0 fully saturated rings. The second-order valence-corrected chi connectivity index (χ2v) is 4.78. The molecule has 0 unspecified atom stereocenters. The minimum atomic E-state index is 0.936. The first-order chi connectivity index (χ1) is 8.88. The fourth-order valence-electron chi connectivity index (χ4n) is 2.71. The minimum absolute atomic E-state index is 0.936. The van der Waals surface area contributed by atoms with E-state index in [1.165, 1.54) is 29.7 Å². The second kappa shape index (κ2) is 4.84. The molecule has 2 aromatic rings. The van der Waals surface area contributed by atoms with Crippen LogP contribution in [0.2, 0.25) is 0 Å². The van der Waals surface area contributed by atoms with Crippen LogP contribution in [0, 0.1) is 0 Å². The van der Waals surface area contributed by atoms with E-state index < -0.39 is 0 Å². The molecule has 0 bridgehead atoms. The van der Waals surface area contributed by atoms with Crippen LogP contribution in [0.25, 0.3) is 0 Å². The van der Waals surface area contributed by atoms with E-state index in [0.29, 0.717) is 0 Å². The molecule has 3 rings (SSSR count). The quantitative estimate of drug-likeness (QED) is 0.895. The monoisotopic (exact) mass is 241 g/mol. The summed E-state index contributed by atoms with van der Waals surface area (Å²) in [5, 5.41) is 3.48. The molecule has 1 aromatic heterocycles. The third-order valence-electron chi connectivity index (χ3n) is 3.68. The number of benzene rings is 1. The first-order valence-electron chi connectivity index (χ1n) is 6.73. The Balaban J connectivity index is 1.93. The van der Waals surface area contributed by atoms with Gasteiger partial charge < -0.3 is 9.88 Å². The molecule has 1 aliphatic rings. The Kier molecular flexibility index (Phi) is 3.05. The van der Waals surface area contributed by atoms with Gasteiger partial charge in [0.1, 0.15) is 5.82 Å². The van der Waals surface area contributed by atoms with Crippen molar-refractivity contribution in [3.05, 3.63) is 47.5 Å². The van der Waals surface area contributed by atoms with Crippen molar-refractivity contribution < 1.29 is 0 Å². The Labute approximate surface area is 108 Å². The average molecular weight is 241 g/mol. The number of hydrogen-bond donors (Lipinski definition) is 1. The summed E-state index contributed by atoms with van der Waals surface area (Å²) in [6.45, 7) is 4.25. The van der Waals surface area contributed by atoms with Crippen LogP contribution in [0.3, 0.4) is 0 Å². The summed E-state index contributed by atoms with van der Waals surface area (Å²) in [6, 6.07) is 6.57. The maximum Gasteiger partial charge on any atom is 0.113 e. The van der Waals surface area contributed by atoms with Crippen molar-refractivity contribution in [1.82, 2.24) is 9.55 Å². The number of aromatic nitrogens is 2. The lowest BCUT2D eigenvalue weighted by Crippen LogP contribution is -2.14. The lowest BCUT2D eigenvalue weighted by atomic mass is 9.95. The highest BCUT2D eigenvalue weighted by molar-refractivity contribution is 5.56. The molecule has 2 heterocycles.